The second-order valence-corrected chi connectivity index (χ2v) is 6.80. The summed E-state index contributed by atoms with van der Waals surface area (Å²) in [6.45, 7) is 1.63. The van der Waals surface area contributed by atoms with Gasteiger partial charge in [0.15, 0.2) is 11.4 Å². The quantitative estimate of drug-likeness (QED) is 0.701. The molecule has 28 heavy (non-hydrogen) atoms. The number of hydrogen-bond donors (Lipinski definition) is 2. The van der Waals surface area contributed by atoms with E-state index in [1.807, 2.05) is 0 Å². The summed E-state index contributed by atoms with van der Waals surface area (Å²) in [5.74, 6) is -1.14. The maximum atomic E-state index is 14.9. The first-order chi connectivity index (χ1) is 13.5. The molecule has 1 fully saturated rings. The minimum Gasteiger partial charge on any atom is -0.420 e. The van der Waals surface area contributed by atoms with Crippen molar-refractivity contribution >= 4 is 28.7 Å². The Morgan fingerprint density at radius 3 is 2.68 bits per heavy atom. The van der Waals surface area contributed by atoms with Gasteiger partial charge in [0.05, 0.1) is 6.42 Å². The van der Waals surface area contributed by atoms with E-state index < -0.39 is 11.6 Å². The van der Waals surface area contributed by atoms with E-state index in [1.54, 1.807) is 23.1 Å². The van der Waals surface area contributed by atoms with E-state index in [0.29, 0.717) is 16.8 Å². The lowest BCUT2D eigenvalue weighted by atomic mass is 10.1. The van der Waals surface area contributed by atoms with Crippen molar-refractivity contribution in [2.24, 2.45) is 5.73 Å². The molecule has 0 saturated carbocycles. The predicted octanol–water partition coefficient (Wildman–Crippen LogP) is 3.47. The molecule has 4 rings (SSSR count). The third kappa shape index (κ3) is 3.55. The molecular weight excluding hydrogens is 366 g/mol. The molecule has 3 aromatic rings. The van der Waals surface area contributed by atoms with E-state index in [2.05, 4.69) is 10.3 Å². The fourth-order valence-electron chi connectivity index (χ4n) is 3.39. The van der Waals surface area contributed by atoms with Crippen LogP contribution in [0.3, 0.4) is 0 Å². The Morgan fingerprint density at radius 1 is 1.18 bits per heavy atom. The first kappa shape index (κ1) is 18.4. The van der Waals surface area contributed by atoms with Gasteiger partial charge in [-0.25, -0.2) is 8.78 Å². The molecule has 1 aliphatic rings. The van der Waals surface area contributed by atoms with Gasteiger partial charge in [-0.15, -0.1) is 0 Å². The highest BCUT2D eigenvalue weighted by Crippen LogP contribution is 2.28. The Morgan fingerprint density at radius 2 is 1.93 bits per heavy atom. The van der Waals surface area contributed by atoms with Crippen molar-refractivity contribution in [3.8, 4) is 0 Å². The Balaban J connectivity index is 1.60. The topological polar surface area (TPSA) is 84.4 Å². The lowest BCUT2D eigenvalue weighted by molar-refractivity contribution is -0.129. The van der Waals surface area contributed by atoms with E-state index in [9.17, 15) is 13.6 Å². The van der Waals surface area contributed by atoms with Crippen LogP contribution in [-0.4, -0.2) is 28.9 Å². The van der Waals surface area contributed by atoms with Crippen molar-refractivity contribution in [2.45, 2.75) is 25.8 Å². The van der Waals surface area contributed by atoms with Gasteiger partial charge in [-0.1, -0.05) is 12.1 Å². The molecule has 2 heterocycles. The lowest BCUT2D eigenvalue weighted by Gasteiger charge is -2.15. The molecule has 0 unspecified atom stereocenters. The van der Waals surface area contributed by atoms with Crippen molar-refractivity contribution in [3.05, 3.63) is 53.1 Å². The van der Waals surface area contributed by atoms with Crippen LogP contribution in [0.1, 0.15) is 24.0 Å². The van der Waals surface area contributed by atoms with Crippen LogP contribution in [0.15, 0.2) is 34.7 Å². The average molecular weight is 386 g/mol. The van der Waals surface area contributed by atoms with Crippen LogP contribution < -0.4 is 11.1 Å². The first-order valence-electron chi connectivity index (χ1n) is 9.16. The summed E-state index contributed by atoms with van der Waals surface area (Å²) < 4.78 is 33.9. The van der Waals surface area contributed by atoms with Crippen LogP contribution in [0.5, 0.6) is 0 Å². The molecule has 0 bridgehead atoms. The molecule has 0 radical (unpaired) electrons. The van der Waals surface area contributed by atoms with Crippen LogP contribution in [0, 0.1) is 11.6 Å². The Hall–Kier alpha value is -3.00. The van der Waals surface area contributed by atoms with E-state index in [4.69, 9.17) is 10.2 Å². The van der Waals surface area contributed by atoms with Crippen molar-refractivity contribution in [2.75, 3.05) is 18.4 Å². The fraction of sp³-hybridized carbons (Fsp3) is 0.300. The molecule has 2 aromatic carbocycles. The number of carbonyl (C=O) groups is 1. The number of benzene rings is 2. The molecule has 1 amide bonds. The van der Waals surface area contributed by atoms with Crippen molar-refractivity contribution < 1.29 is 18.0 Å². The van der Waals surface area contributed by atoms with Gasteiger partial charge in [0.25, 0.3) is 6.01 Å². The largest absolute Gasteiger partial charge is 0.420 e. The molecular formula is C20H20F2N4O2. The van der Waals surface area contributed by atoms with Crippen molar-refractivity contribution in [3.63, 3.8) is 0 Å². The Labute approximate surface area is 160 Å². The first-order valence-corrected chi connectivity index (χ1v) is 9.16. The zero-order valence-corrected chi connectivity index (χ0v) is 15.2. The third-order valence-electron chi connectivity index (χ3n) is 4.91. The summed E-state index contributed by atoms with van der Waals surface area (Å²) in [6, 6.07) is 7.32. The average Bonchev–Trinajstić information content (AvgIpc) is 3.34. The van der Waals surface area contributed by atoms with Gasteiger partial charge >= 0.3 is 0 Å². The minimum absolute atomic E-state index is 0.0214. The SMILES string of the molecule is NCc1ccc(F)cc1Nc1nc2ccc(CC(=O)N3CCCC3)c(F)c2o1. The number of halogens is 2. The Bertz CT molecular complexity index is 1030. The second-order valence-electron chi connectivity index (χ2n) is 6.80. The van der Waals surface area contributed by atoms with Crippen LogP contribution >= 0.6 is 0 Å². The van der Waals surface area contributed by atoms with Gasteiger partial charge in [-0.3, -0.25) is 4.79 Å². The number of nitrogens with one attached hydrogen (secondary N) is 1. The normalized spacial score (nSPS) is 14.0. The highest BCUT2D eigenvalue weighted by Gasteiger charge is 2.21. The van der Waals surface area contributed by atoms with E-state index in [-0.39, 0.29) is 36.0 Å². The monoisotopic (exact) mass is 386 g/mol. The summed E-state index contributed by atoms with van der Waals surface area (Å²) >= 11 is 0. The zero-order valence-electron chi connectivity index (χ0n) is 15.2. The molecule has 6 nitrogen and oxygen atoms in total. The fourth-order valence-corrected chi connectivity index (χ4v) is 3.39. The van der Waals surface area contributed by atoms with Gasteiger partial charge in [0.2, 0.25) is 5.91 Å². The molecule has 1 saturated heterocycles. The van der Waals surface area contributed by atoms with E-state index in [1.165, 1.54) is 12.1 Å². The maximum absolute atomic E-state index is 14.9. The summed E-state index contributed by atoms with van der Waals surface area (Å²) in [7, 11) is 0. The number of aromatic nitrogens is 1. The summed E-state index contributed by atoms with van der Waals surface area (Å²) in [4.78, 5) is 18.2. The third-order valence-corrected chi connectivity index (χ3v) is 4.91. The Kier molecular flexibility index (Phi) is 4.95. The van der Waals surface area contributed by atoms with Gasteiger partial charge in [-0.05, 0) is 36.6 Å². The molecule has 8 heteroatoms. The summed E-state index contributed by atoms with van der Waals surface area (Å²) in [5, 5.41) is 2.85. The number of hydrogen-bond acceptors (Lipinski definition) is 5. The van der Waals surface area contributed by atoms with E-state index in [0.717, 1.165) is 25.9 Å². The molecule has 0 spiro atoms. The standard InChI is InChI=1S/C20H20F2N4O2/c21-14-5-3-13(11-23)16(10-14)25-20-24-15-6-4-12(18(22)19(15)28-20)9-17(27)26-7-1-2-8-26/h3-6,10H,1-2,7-9,11,23H2,(H,24,25). The van der Waals surface area contributed by atoms with Gasteiger partial charge in [0.1, 0.15) is 11.3 Å². The number of likely N-dealkylation sites (tertiary alicyclic amines) is 1. The van der Waals surface area contributed by atoms with Crippen LogP contribution in [0.25, 0.3) is 11.1 Å². The number of fused-ring (bicyclic) bond motifs is 1. The van der Waals surface area contributed by atoms with Gasteiger partial charge in [0, 0.05) is 30.9 Å². The molecule has 0 atom stereocenters. The van der Waals surface area contributed by atoms with Crippen LogP contribution in [0.4, 0.5) is 20.5 Å². The molecule has 0 aliphatic carbocycles. The zero-order chi connectivity index (χ0) is 19.7. The number of anilines is 2. The minimum atomic E-state index is -0.608. The lowest BCUT2D eigenvalue weighted by Crippen LogP contribution is -2.29. The summed E-state index contributed by atoms with van der Waals surface area (Å²) in [5.41, 5.74) is 7.26. The molecule has 146 valence electrons. The number of carbonyl (C=O) groups excluding carboxylic acids is 1. The van der Waals surface area contributed by atoms with Gasteiger partial charge < -0.3 is 20.4 Å². The van der Waals surface area contributed by atoms with Crippen LogP contribution in [0.2, 0.25) is 0 Å². The number of amides is 1. The second kappa shape index (κ2) is 7.55. The highest BCUT2D eigenvalue weighted by atomic mass is 19.1. The number of nitrogens with two attached hydrogens (primary N) is 1. The predicted molar refractivity (Wildman–Crippen MR) is 101 cm³/mol. The smallest absolute Gasteiger partial charge is 0.300 e. The molecule has 1 aromatic heterocycles. The number of nitrogens with zero attached hydrogens (tertiary/aromatic N) is 2. The number of oxazole rings is 1. The van der Waals surface area contributed by atoms with Gasteiger partial charge in [-0.2, -0.15) is 4.98 Å². The van der Waals surface area contributed by atoms with Crippen molar-refractivity contribution in [1.29, 1.82) is 0 Å². The van der Waals surface area contributed by atoms with Crippen LogP contribution in [-0.2, 0) is 17.8 Å². The molecule has 1 aliphatic heterocycles. The van der Waals surface area contributed by atoms with Crippen molar-refractivity contribution in [1.82, 2.24) is 9.88 Å². The maximum Gasteiger partial charge on any atom is 0.300 e. The highest BCUT2D eigenvalue weighted by molar-refractivity contribution is 5.82. The number of rotatable bonds is 5. The molecule has 3 N–H and O–H groups in total. The summed E-state index contributed by atoms with van der Waals surface area (Å²) in [6.07, 6.45) is 1.94. The van der Waals surface area contributed by atoms with E-state index >= 15 is 0 Å².